The van der Waals surface area contributed by atoms with Gasteiger partial charge in [-0.05, 0) is 36.7 Å². The van der Waals surface area contributed by atoms with Crippen LogP contribution in [0.1, 0.15) is 18.5 Å². The minimum atomic E-state index is 0.503. The maximum absolute atomic E-state index is 3.53. The van der Waals surface area contributed by atoms with Gasteiger partial charge in [-0.2, -0.15) is 0 Å². The quantitative estimate of drug-likeness (QED) is 0.840. The Morgan fingerprint density at radius 3 is 3.00 bits per heavy atom. The highest BCUT2D eigenvalue weighted by atomic mass is 79.9. The van der Waals surface area contributed by atoms with Crippen molar-refractivity contribution in [3.8, 4) is 0 Å². The van der Waals surface area contributed by atoms with Crippen molar-refractivity contribution >= 4 is 27.7 Å². The average Bonchev–Trinajstić information content (AvgIpc) is 2.17. The van der Waals surface area contributed by atoms with Crippen molar-refractivity contribution in [2.75, 3.05) is 12.8 Å². The van der Waals surface area contributed by atoms with Gasteiger partial charge in [-0.3, -0.25) is 0 Å². The molecule has 1 aromatic rings. The first-order valence-corrected chi connectivity index (χ1v) is 6.59. The van der Waals surface area contributed by atoms with Gasteiger partial charge in [-0.1, -0.05) is 22.9 Å². The van der Waals surface area contributed by atoms with E-state index >= 15 is 0 Å². The summed E-state index contributed by atoms with van der Waals surface area (Å²) in [5.41, 5.74) is 1.44. The normalized spacial score (nSPS) is 25.9. The van der Waals surface area contributed by atoms with Crippen LogP contribution in [0.4, 0.5) is 0 Å². The van der Waals surface area contributed by atoms with Crippen LogP contribution < -0.4 is 5.32 Å². The molecule has 1 heterocycles. The topological polar surface area (TPSA) is 12.0 Å². The van der Waals surface area contributed by atoms with Gasteiger partial charge in [-0.15, -0.1) is 11.8 Å². The van der Waals surface area contributed by atoms with Crippen LogP contribution in [0, 0.1) is 5.92 Å². The zero-order valence-electron chi connectivity index (χ0n) is 8.38. The molecule has 0 aliphatic carbocycles. The predicted molar refractivity (Wildman–Crippen MR) is 65.8 cm³/mol. The van der Waals surface area contributed by atoms with Crippen LogP contribution in [0.15, 0.2) is 27.6 Å². The van der Waals surface area contributed by atoms with Crippen molar-refractivity contribution in [1.82, 2.24) is 5.32 Å². The number of benzene rings is 1. The summed E-state index contributed by atoms with van der Waals surface area (Å²) in [6.45, 7) is 2.30. The Kier molecular flexibility index (Phi) is 3.20. The minimum Gasteiger partial charge on any atom is -0.313 e. The molecule has 1 aliphatic rings. The second-order valence-electron chi connectivity index (χ2n) is 3.74. The molecule has 0 amide bonds. The molecule has 2 rings (SSSR count). The summed E-state index contributed by atoms with van der Waals surface area (Å²) >= 11 is 5.49. The monoisotopic (exact) mass is 271 g/mol. The molecule has 0 radical (unpaired) electrons. The molecule has 14 heavy (non-hydrogen) atoms. The van der Waals surface area contributed by atoms with Crippen LogP contribution in [0.3, 0.4) is 0 Å². The van der Waals surface area contributed by atoms with Gasteiger partial charge in [-0.25, -0.2) is 0 Å². The second kappa shape index (κ2) is 4.25. The van der Waals surface area contributed by atoms with Crippen molar-refractivity contribution in [2.24, 2.45) is 5.92 Å². The molecule has 0 fully saturated rings. The third kappa shape index (κ3) is 1.86. The summed E-state index contributed by atoms with van der Waals surface area (Å²) in [6.07, 6.45) is 0. The van der Waals surface area contributed by atoms with Crippen LogP contribution in [0.5, 0.6) is 0 Å². The van der Waals surface area contributed by atoms with Crippen molar-refractivity contribution in [2.45, 2.75) is 17.9 Å². The Labute approximate surface area is 97.8 Å². The maximum atomic E-state index is 3.53. The van der Waals surface area contributed by atoms with Crippen LogP contribution in [-0.2, 0) is 0 Å². The third-order valence-corrected chi connectivity index (χ3v) is 4.56. The number of thioether (sulfide) groups is 1. The Balaban J connectivity index is 2.43. The van der Waals surface area contributed by atoms with E-state index < -0.39 is 0 Å². The standard InChI is InChI=1S/C11H14BrNS/c1-7-6-14-10-4-3-8(12)5-9(10)11(7)13-2/h3-5,7,11,13H,6H2,1-2H3. The fourth-order valence-corrected chi connectivity index (χ4v) is 3.49. The number of rotatable bonds is 1. The van der Waals surface area contributed by atoms with E-state index in [-0.39, 0.29) is 0 Å². The molecule has 0 bridgehead atoms. The van der Waals surface area contributed by atoms with Crippen molar-refractivity contribution in [3.05, 3.63) is 28.2 Å². The number of fused-ring (bicyclic) bond motifs is 1. The van der Waals surface area contributed by atoms with Crippen molar-refractivity contribution < 1.29 is 0 Å². The second-order valence-corrected chi connectivity index (χ2v) is 5.71. The molecule has 0 saturated carbocycles. The third-order valence-electron chi connectivity index (χ3n) is 2.69. The molecule has 1 aliphatic heterocycles. The number of hydrogen-bond acceptors (Lipinski definition) is 2. The lowest BCUT2D eigenvalue weighted by Crippen LogP contribution is -2.28. The molecule has 0 saturated heterocycles. The molecule has 3 heteroatoms. The molecule has 2 unspecified atom stereocenters. The first kappa shape index (κ1) is 10.5. The van der Waals surface area contributed by atoms with Gasteiger partial charge in [0, 0.05) is 21.2 Å². The number of halogens is 1. The van der Waals surface area contributed by atoms with Gasteiger partial charge in [0.05, 0.1) is 0 Å². The number of nitrogens with one attached hydrogen (secondary N) is 1. The average molecular weight is 272 g/mol. The summed E-state index contributed by atoms with van der Waals surface area (Å²) in [5, 5.41) is 3.40. The van der Waals surface area contributed by atoms with E-state index in [0.29, 0.717) is 12.0 Å². The Hall–Kier alpha value is 0.01000. The fraction of sp³-hybridized carbons (Fsp3) is 0.455. The summed E-state index contributed by atoms with van der Waals surface area (Å²) in [4.78, 5) is 1.42. The van der Waals surface area contributed by atoms with Crippen LogP contribution in [0.25, 0.3) is 0 Å². The van der Waals surface area contributed by atoms with Crippen LogP contribution in [-0.4, -0.2) is 12.8 Å². The summed E-state index contributed by atoms with van der Waals surface area (Å²) in [7, 11) is 2.04. The first-order valence-electron chi connectivity index (χ1n) is 4.82. The van der Waals surface area contributed by atoms with Gasteiger partial charge in [0.15, 0.2) is 0 Å². The van der Waals surface area contributed by atoms with Gasteiger partial charge in [0.1, 0.15) is 0 Å². The van der Waals surface area contributed by atoms with Crippen LogP contribution >= 0.6 is 27.7 Å². The van der Waals surface area contributed by atoms with Gasteiger partial charge in [0.25, 0.3) is 0 Å². The zero-order chi connectivity index (χ0) is 10.1. The Morgan fingerprint density at radius 2 is 2.29 bits per heavy atom. The molecule has 0 aromatic heterocycles. The number of hydrogen-bond donors (Lipinski definition) is 1. The summed E-state index contributed by atoms with van der Waals surface area (Å²) < 4.78 is 1.17. The fourth-order valence-electron chi connectivity index (χ4n) is 1.96. The van der Waals surface area contributed by atoms with E-state index in [1.807, 2.05) is 18.8 Å². The van der Waals surface area contributed by atoms with Crippen molar-refractivity contribution in [1.29, 1.82) is 0 Å². The molecule has 2 atom stereocenters. The van der Waals surface area contributed by atoms with Gasteiger partial charge >= 0.3 is 0 Å². The largest absolute Gasteiger partial charge is 0.313 e. The SMILES string of the molecule is CNC1c2cc(Br)ccc2SCC1C. The van der Waals surface area contributed by atoms with Crippen LogP contribution in [0.2, 0.25) is 0 Å². The van der Waals surface area contributed by atoms with E-state index in [9.17, 15) is 0 Å². The molecular weight excluding hydrogens is 258 g/mol. The summed E-state index contributed by atoms with van der Waals surface area (Å²) in [6, 6.07) is 7.07. The minimum absolute atomic E-state index is 0.503. The van der Waals surface area contributed by atoms with E-state index in [1.165, 1.54) is 20.7 Å². The maximum Gasteiger partial charge on any atom is 0.0363 e. The predicted octanol–water partition coefficient (Wildman–Crippen LogP) is 3.45. The highest BCUT2D eigenvalue weighted by molar-refractivity contribution is 9.10. The lowest BCUT2D eigenvalue weighted by Gasteiger charge is -2.30. The molecule has 1 nitrogen and oxygen atoms in total. The zero-order valence-corrected chi connectivity index (χ0v) is 10.8. The van der Waals surface area contributed by atoms with Gasteiger partial charge in [0.2, 0.25) is 0 Å². The Bertz CT molecular complexity index is 340. The molecular formula is C11H14BrNS. The van der Waals surface area contributed by atoms with Gasteiger partial charge < -0.3 is 5.32 Å². The lowest BCUT2D eigenvalue weighted by atomic mass is 9.95. The van der Waals surface area contributed by atoms with E-state index in [2.05, 4.69) is 46.4 Å². The summed E-state index contributed by atoms with van der Waals surface area (Å²) in [5.74, 6) is 1.91. The molecule has 0 spiro atoms. The Morgan fingerprint density at radius 1 is 1.50 bits per heavy atom. The van der Waals surface area contributed by atoms with E-state index in [1.54, 1.807) is 0 Å². The first-order chi connectivity index (χ1) is 6.72. The van der Waals surface area contributed by atoms with Crippen molar-refractivity contribution in [3.63, 3.8) is 0 Å². The highest BCUT2D eigenvalue weighted by Crippen LogP contribution is 2.40. The smallest absolute Gasteiger partial charge is 0.0363 e. The molecule has 1 aromatic carbocycles. The lowest BCUT2D eigenvalue weighted by molar-refractivity contribution is 0.437. The molecule has 1 N–H and O–H groups in total. The van der Waals surface area contributed by atoms with E-state index in [4.69, 9.17) is 0 Å². The highest BCUT2D eigenvalue weighted by Gasteiger charge is 2.25. The van der Waals surface area contributed by atoms with E-state index in [0.717, 1.165) is 0 Å². The molecule has 76 valence electrons.